The number of nitro groups is 1. The molecule has 2 aliphatic heterocycles. The van der Waals surface area contributed by atoms with Crippen molar-refractivity contribution in [2.45, 2.75) is 26.0 Å². The van der Waals surface area contributed by atoms with Gasteiger partial charge in [0.25, 0.3) is 5.69 Å². The van der Waals surface area contributed by atoms with E-state index in [4.69, 9.17) is 9.47 Å². The van der Waals surface area contributed by atoms with Crippen LogP contribution in [0.5, 0.6) is 5.75 Å². The second kappa shape index (κ2) is 7.13. The maximum atomic E-state index is 12.7. The van der Waals surface area contributed by atoms with E-state index < -0.39 is 4.92 Å². The van der Waals surface area contributed by atoms with E-state index in [-0.39, 0.29) is 31.0 Å². The van der Waals surface area contributed by atoms with Crippen molar-refractivity contribution in [1.82, 2.24) is 4.90 Å². The zero-order valence-electron chi connectivity index (χ0n) is 14.7. The van der Waals surface area contributed by atoms with Crippen molar-refractivity contribution in [3.63, 3.8) is 0 Å². The van der Waals surface area contributed by atoms with Crippen LogP contribution in [0, 0.1) is 10.1 Å². The molecule has 8 heteroatoms. The van der Waals surface area contributed by atoms with E-state index in [9.17, 15) is 14.9 Å². The van der Waals surface area contributed by atoms with Gasteiger partial charge in [-0.25, -0.2) is 0 Å². The molecule has 2 aliphatic rings. The van der Waals surface area contributed by atoms with E-state index in [2.05, 4.69) is 11.4 Å². The van der Waals surface area contributed by atoms with Crippen LogP contribution in [-0.2, 0) is 22.6 Å². The molecule has 0 radical (unpaired) electrons. The fourth-order valence-electron chi connectivity index (χ4n) is 3.53. The van der Waals surface area contributed by atoms with Crippen LogP contribution in [0.15, 0.2) is 29.7 Å². The van der Waals surface area contributed by atoms with Crippen LogP contribution < -0.4 is 4.74 Å². The Balaban J connectivity index is 1.60. The Morgan fingerprint density at radius 3 is 3.11 bits per heavy atom. The average molecular weight is 386 g/mol. The number of amides is 1. The number of nitro benzene ring substituents is 1. The van der Waals surface area contributed by atoms with Crippen LogP contribution in [0.4, 0.5) is 5.69 Å². The number of rotatable bonds is 3. The first-order valence-corrected chi connectivity index (χ1v) is 9.49. The van der Waals surface area contributed by atoms with E-state index in [0.29, 0.717) is 23.4 Å². The first kappa shape index (κ1) is 17.7. The molecule has 4 rings (SSSR count). The number of hydrogen-bond acceptors (Lipinski definition) is 6. The van der Waals surface area contributed by atoms with E-state index in [1.165, 1.54) is 28.6 Å². The molecule has 27 heavy (non-hydrogen) atoms. The highest BCUT2D eigenvalue weighted by atomic mass is 32.1. The normalized spacial score (nSPS) is 18.7. The monoisotopic (exact) mass is 386 g/mol. The van der Waals surface area contributed by atoms with E-state index in [1.54, 1.807) is 17.4 Å². The Morgan fingerprint density at radius 1 is 1.44 bits per heavy atom. The topological polar surface area (TPSA) is 81.9 Å². The number of carbonyl (C=O) groups excluding carboxylic acids is 1. The summed E-state index contributed by atoms with van der Waals surface area (Å²) in [5, 5.41) is 13.2. The molecule has 0 saturated carbocycles. The van der Waals surface area contributed by atoms with Crippen LogP contribution in [0.25, 0.3) is 6.08 Å². The minimum atomic E-state index is -0.459. The summed E-state index contributed by atoms with van der Waals surface area (Å²) in [6.07, 6.45) is 3.91. The highest BCUT2D eigenvalue weighted by molar-refractivity contribution is 7.10. The van der Waals surface area contributed by atoms with Crippen molar-refractivity contribution < 1.29 is 19.2 Å². The van der Waals surface area contributed by atoms with E-state index in [1.807, 2.05) is 11.8 Å². The highest BCUT2D eigenvalue weighted by Crippen LogP contribution is 2.35. The average Bonchev–Trinajstić information content (AvgIpc) is 3.15. The Labute approximate surface area is 160 Å². The van der Waals surface area contributed by atoms with Crippen LogP contribution in [-0.4, -0.2) is 29.1 Å². The smallest absolute Gasteiger partial charge is 0.270 e. The summed E-state index contributed by atoms with van der Waals surface area (Å²) in [5.74, 6) is 0.411. The van der Waals surface area contributed by atoms with Gasteiger partial charge in [0.2, 0.25) is 5.91 Å². The Kier molecular flexibility index (Phi) is 4.67. The molecule has 0 aliphatic carbocycles. The van der Waals surface area contributed by atoms with Gasteiger partial charge in [0.05, 0.1) is 17.6 Å². The zero-order chi connectivity index (χ0) is 19.0. The van der Waals surface area contributed by atoms with Gasteiger partial charge < -0.3 is 14.4 Å². The molecule has 0 saturated heterocycles. The first-order chi connectivity index (χ1) is 13.0. The van der Waals surface area contributed by atoms with Crippen molar-refractivity contribution in [3.05, 3.63) is 61.3 Å². The number of ether oxygens (including phenoxy) is 2. The Morgan fingerprint density at radius 2 is 2.30 bits per heavy atom. The second-order valence-corrected chi connectivity index (χ2v) is 7.48. The number of thiophene rings is 1. The first-order valence-electron chi connectivity index (χ1n) is 8.61. The van der Waals surface area contributed by atoms with Crippen molar-refractivity contribution in [2.24, 2.45) is 0 Å². The highest BCUT2D eigenvalue weighted by Gasteiger charge is 2.27. The minimum Gasteiger partial charge on any atom is -0.467 e. The number of hydrogen-bond donors (Lipinski definition) is 0. The molecule has 0 N–H and O–H groups in total. The molecule has 0 bridgehead atoms. The molecule has 0 unspecified atom stereocenters. The van der Waals surface area contributed by atoms with Crippen LogP contribution in [0.1, 0.15) is 34.5 Å². The summed E-state index contributed by atoms with van der Waals surface area (Å²) in [7, 11) is 0. The standard InChI is InChI=1S/C19H18N2O5S/c1-12-16-5-7-27-17(16)4-6-20(12)18(22)3-2-13-8-15(21(23)24)9-14-10-25-11-26-19(13)14/h2-3,5,7-9,12H,4,6,10-11H2,1H3/b3-2+/t12-/m1/s1. The van der Waals surface area contributed by atoms with Crippen molar-refractivity contribution in [2.75, 3.05) is 13.3 Å². The maximum absolute atomic E-state index is 12.7. The summed E-state index contributed by atoms with van der Waals surface area (Å²) in [5.41, 5.74) is 2.26. The Hall–Kier alpha value is -2.71. The van der Waals surface area contributed by atoms with Gasteiger partial charge in [0.15, 0.2) is 6.79 Å². The lowest BCUT2D eigenvalue weighted by atomic mass is 10.0. The summed E-state index contributed by atoms with van der Waals surface area (Å²) >= 11 is 1.72. The van der Waals surface area contributed by atoms with Gasteiger partial charge in [-0.05, 0) is 36.4 Å². The fraction of sp³-hybridized carbons (Fsp3) is 0.316. The quantitative estimate of drug-likeness (QED) is 0.457. The molecule has 1 atom stereocenters. The summed E-state index contributed by atoms with van der Waals surface area (Å²) in [4.78, 5) is 26.6. The van der Waals surface area contributed by atoms with Crippen LogP contribution in [0.3, 0.4) is 0 Å². The molecule has 1 aromatic heterocycles. The molecular formula is C19H18N2O5S. The number of benzene rings is 1. The van der Waals surface area contributed by atoms with Gasteiger partial charge in [-0.1, -0.05) is 0 Å². The fourth-order valence-corrected chi connectivity index (χ4v) is 4.49. The molecular weight excluding hydrogens is 368 g/mol. The zero-order valence-corrected chi connectivity index (χ0v) is 15.5. The van der Waals surface area contributed by atoms with E-state index >= 15 is 0 Å². The molecule has 1 amide bonds. The van der Waals surface area contributed by atoms with Gasteiger partial charge >= 0.3 is 0 Å². The number of carbonyl (C=O) groups is 1. The summed E-state index contributed by atoms with van der Waals surface area (Å²) in [6, 6.07) is 4.95. The third kappa shape index (κ3) is 3.33. The Bertz CT molecular complexity index is 936. The second-order valence-electron chi connectivity index (χ2n) is 6.48. The lowest BCUT2D eigenvalue weighted by Gasteiger charge is -2.32. The number of nitrogens with zero attached hydrogens (tertiary/aromatic N) is 2. The van der Waals surface area contributed by atoms with Crippen LogP contribution >= 0.6 is 11.3 Å². The maximum Gasteiger partial charge on any atom is 0.270 e. The molecule has 2 aromatic rings. The SMILES string of the molecule is C[C@@H]1c2ccsc2CCN1C(=O)/C=C/c1cc([N+](=O)[O-])cc2c1OCOC2. The lowest BCUT2D eigenvalue weighted by molar-refractivity contribution is -0.385. The van der Waals surface area contributed by atoms with E-state index in [0.717, 1.165) is 6.42 Å². The third-order valence-electron chi connectivity index (χ3n) is 4.90. The summed E-state index contributed by atoms with van der Waals surface area (Å²) < 4.78 is 10.7. The largest absolute Gasteiger partial charge is 0.467 e. The molecule has 3 heterocycles. The van der Waals surface area contributed by atoms with Crippen LogP contribution in [0.2, 0.25) is 0 Å². The minimum absolute atomic E-state index is 0.0147. The predicted octanol–water partition coefficient (Wildman–Crippen LogP) is 3.68. The predicted molar refractivity (Wildman–Crippen MR) is 101 cm³/mol. The van der Waals surface area contributed by atoms with Gasteiger partial charge in [-0.15, -0.1) is 11.3 Å². The van der Waals surface area contributed by atoms with Gasteiger partial charge in [-0.3, -0.25) is 14.9 Å². The lowest BCUT2D eigenvalue weighted by Crippen LogP contribution is -2.37. The van der Waals surface area contributed by atoms with Crippen molar-refractivity contribution in [3.8, 4) is 5.75 Å². The van der Waals surface area contributed by atoms with Crippen molar-refractivity contribution in [1.29, 1.82) is 0 Å². The number of fused-ring (bicyclic) bond motifs is 2. The third-order valence-corrected chi connectivity index (χ3v) is 5.90. The molecule has 7 nitrogen and oxygen atoms in total. The van der Waals surface area contributed by atoms with Crippen molar-refractivity contribution >= 4 is 29.0 Å². The number of non-ortho nitro benzene ring substituents is 1. The van der Waals surface area contributed by atoms with Gasteiger partial charge in [0, 0.05) is 40.8 Å². The summed E-state index contributed by atoms with van der Waals surface area (Å²) in [6.45, 7) is 3.01. The molecule has 140 valence electrons. The molecule has 0 spiro atoms. The molecule has 1 aromatic carbocycles. The van der Waals surface area contributed by atoms with Gasteiger partial charge in [-0.2, -0.15) is 0 Å². The molecule has 0 fully saturated rings. The van der Waals surface area contributed by atoms with Gasteiger partial charge in [0.1, 0.15) is 5.75 Å².